The first kappa shape index (κ1) is 12.3. The summed E-state index contributed by atoms with van der Waals surface area (Å²) >= 11 is 0. The third kappa shape index (κ3) is 2.13. The van der Waals surface area contributed by atoms with Crippen molar-refractivity contribution in [2.75, 3.05) is 26.8 Å². The molecule has 1 aliphatic heterocycles. The molecule has 0 spiro atoms. The van der Waals surface area contributed by atoms with Gasteiger partial charge < -0.3 is 10.5 Å². The number of rotatable bonds is 4. The number of piperidine rings is 1. The van der Waals surface area contributed by atoms with E-state index < -0.39 is 0 Å². The van der Waals surface area contributed by atoms with E-state index in [1.807, 2.05) is 0 Å². The zero-order valence-corrected chi connectivity index (χ0v) is 10.7. The Hall–Kier alpha value is -0.120. The van der Waals surface area contributed by atoms with E-state index in [4.69, 9.17) is 10.5 Å². The normalized spacial score (nSPS) is 34.7. The highest BCUT2D eigenvalue weighted by Gasteiger charge is 2.42. The van der Waals surface area contributed by atoms with Gasteiger partial charge >= 0.3 is 0 Å². The summed E-state index contributed by atoms with van der Waals surface area (Å²) in [5.74, 6) is 0.927. The van der Waals surface area contributed by atoms with Crippen molar-refractivity contribution >= 4 is 0 Å². The molecule has 2 fully saturated rings. The number of likely N-dealkylation sites (tertiary alicyclic amines) is 1. The number of methoxy groups -OCH3 is 1. The summed E-state index contributed by atoms with van der Waals surface area (Å²) in [7, 11) is 1.78. The average molecular weight is 226 g/mol. The van der Waals surface area contributed by atoms with Gasteiger partial charge in [0.15, 0.2) is 0 Å². The van der Waals surface area contributed by atoms with Crippen molar-refractivity contribution in [2.45, 2.75) is 50.6 Å². The van der Waals surface area contributed by atoms with Crippen molar-refractivity contribution in [3.05, 3.63) is 0 Å². The fourth-order valence-corrected chi connectivity index (χ4v) is 3.69. The number of hydrogen-bond acceptors (Lipinski definition) is 3. The van der Waals surface area contributed by atoms with E-state index in [0.717, 1.165) is 18.6 Å². The van der Waals surface area contributed by atoms with Crippen LogP contribution in [0.25, 0.3) is 0 Å². The zero-order chi connectivity index (χ0) is 11.6. The van der Waals surface area contributed by atoms with E-state index in [0.29, 0.717) is 6.54 Å². The minimum Gasteiger partial charge on any atom is -0.383 e. The molecule has 0 aromatic heterocycles. The molecule has 3 unspecified atom stereocenters. The number of hydrogen-bond donors (Lipinski definition) is 1. The first-order chi connectivity index (χ1) is 7.71. The lowest BCUT2D eigenvalue weighted by Gasteiger charge is -2.48. The second kappa shape index (κ2) is 5.03. The monoisotopic (exact) mass is 226 g/mol. The Morgan fingerprint density at radius 1 is 1.31 bits per heavy atom. The van der Waals surface area contributed by atoms with Gasteiger partial charge in [-0.05, 0) is 45.1 Å². The Labute approximate surface area is 99.3 Å². The second-order valence-corrected chi connectivity index (χ2v) is 5.73. The number of ether oxygens (including phenoxy) is 1. The summed E-state index contributed by atoms with van der Waals surface area (Å²) in [5, 5.41) is 0. The third-order valence-electron chi connectivity index (χ3n) is 4.58. The molecule has 1 saturated carbocycles. The summed E-state index contributed by atoms with van der Waals surface area (Å²) in [6.45, 7) is 4.92. The molecule has 1 heterocycles. The summed E-state index contributed by atoms with van der Waals surface area (Å²) in [5.41, 5.74) is 6.03. The second-order valence-electron chi connectivity index (χ2n) is 5.73. The van der Waals surface area contributed by atoms with E-state index in [2.05, 4.69) is 11.8 Å². The minimum absolute atomic E-state index is 0.0441. The van der Waals surface area contributed by atoms with Gasteiger partial charge in [0.05, 0.1) is 12.1 Å². The molecule has 3 atom stereocenters. The Kier molecular flexibility index (Phi) is 3.88. The first-order valence-corrected chi connectivity index (χ1v) is 6.67. The molecular formula is C13H26N2O. The predicted octanol–water partition coefficient (Wildman–Crippen LogP) is 1.61. The zero-order valence-electron chi connectivity index (χ0n) is 10.7. The Morgan fingerprint density at radius 2 is 2.06 bits per heavy atom. The van der Waals surface area contributed by atoms with E-state index in [9.17, 15) is 0 Å². The highest BCUT2D eigenvalue weighted by Crippen LogP contribution is 2.39. The molecule has 16 heavy (non-hydrogen) atoms. The number of fused-ring (bicyclic) bond motifs is 1. The number of nitrogens with zero attached hydrogens (tertiary/aromatic N) is 1. The molecule has 0 aromatic rings. The van der Waals surface area contributed by atoms with E-state index in [1.165, 1.54) is 38.6 Å². The van der Waals surface area contributed by atoms with Crippen molar-refractivity contribution in [1.82, 2.24) is 4.90 Å². The SMILES string of the molecule is COCC(C)(CN)N1CCCC2CCCC21. The maximum Gasteiger partial charge on any atom is 0.0656 e. The third-order valence-corrected chi connectivity index (χ3v) is 4.58. The summed E-state index contributed by atoms with van der Waals surface area (Å²) < 4.78 is 5.38. The molecule has 0 amide bonds. The van der Waals surface area contributed by atoms with Crippen LogP contribution in [-0.4, -0.2) is 43.3 Å². The topological polar surface area (TPSA) is 38.5 Å². The molecule has 3 nitrogen and oxygen atoms in total. The van der Waals surface area contributed by atoms with E-state index in [1.54, 1.807) is 7.11 Å². The molecule has 2 rings (SSSR count). The number of nitrogens with two attached hydrogens (primary N) is 1. The van der Waals surface area contributed by atoms with Crippen molar-refractivity contribution in [3.63, 3.8) is 0 Å². The first-order valence-electron chi connectivity index (χ1n) is 6.67. The Morgan fingerprint density at radius 3 is 2.75 bits per heavy atom. The van der Waals surface area contributed by atoms with Gasteiger partial charge in [-0.25, -0.2) is 0 Å². The lowest BCUT2D eigenvalue weighted by molar-refractivity contribution is -0.0293. The molecule has 94 valence electrons. The van der Waals surface area contributed by atoms with Gasteiger partial charge in [-0.2, -0.15) is 0 Å². The molecule has 1 aliphatic carbocycles. The van der Waals surface area contributed by atoms with Gasteiger partial charge in [0.2, 0.25) is 0 Å². The summed E-state index contributed by atoms with van der Waals surface area (Å²) in [6, 6.07) is 0.775. The van der Waals surface area contributed by atoms with Crippen molar-refractivity contribution < 1.29 is 4.74 Å². The van der Waals surface area contributed by atoms with E-state index in [-0.39, 0.29) is 5.54 Å². The fraction of sp³-hybridized carbons (Fsp3) is 1.00. The van der Waals surface area contributed by atoms with Crippen molar-refractivity contribution in [1.29, 1.82) is 0 Å². The molecule has 0 bridgehead atoms. The lowest BCUT2D eigenvalue weighted by atomic mass is 9.87. The summed E-state index contributed by atoms with van der Waals surface area (Å²) in [6.07, 6.45) is 6.95. The fourth-order valence-electron chi connectivity index (χ4n) is 3.69. The van der Waals surface area contributed by atoms with Crippen LogP contribution < -0.4 is 5.73 Å². The average Bonchev–Trinajstić information content (AvgIpc) is 2.76. The van der Waals surface area contributed by atoms with Crippen LogP contribution in [0.1, 0.15) is 39.0 Å². The molecule has 0 radical (unpaired) electrons. The predicted molar refractivity (Wildman–Crippen MR) is 66.4 cm³/mol. The van der Waals surface area contributed by atoms with Crippen LogP contribution in [0.4, 0.5) is 0 Å². The van der Waals surface area contributed by atoms with Crippen LogP contribution >= 0.6 is 0 Å². The Bertz CT molecular complexity index is 234. The molecular weight excluding hydrogens is 200 g/mol. The quantitative estimate of drug-likeness (QED) is 0.791. The Balaban J connectivity index is 2.10. The van der Waals surface area contributed by atoms with Gasteiger partial charge in [-0.1, -0.05) is 6.42 Å². The van der Waals surface area contributed by atoms with E-state index >= 15 is 0 Å². The van der Waals surface area contributed by atoms with Gasteiger partial charge in [-0.3, -0.25) is 4.90 Å². The van der Waals surface area contributed by atoms with Crippen LogP contribution in [0, 0.1) is 5.92 Å². The largest absolute Gasteiger partial charge is 0.383 e. The molecule has 1 saturated heterocycles. The lowest BCUT2D eigenvalue weighted by Crippen LogP contribution is -2.61. The van der Waals surface area contributed by atoms with Crippen LogP contribution in [0.15, 0.2) is 0 Å². The molecule has 0 aromatic carbocycles. The van der Waals surface area contributed by atoms with Gasteiger partial charge in [0.1, 0.15) is 0 Å². The molecule has 2 N–H and O–H groups in total. The van der Waals surface area contributed by atoms with Crippen LogP contribution in [-0.2, 0) is 4.74 Å². The maximum atomic E-state index is 5.99. The molecule has 3 heteroatoms. The molecule has 2 aliphatic rings. The highest BCUT2D eigenvalue weighted by atomic mass is 16.5. The maximum absolute atomic E-state index is 5.99. The van der Waals surface area contributed by atoms with Crippen LogP contribution in [0.2, 0.25) is 0 Å². The minimum atomic E-state index is 0.0441. The summed E-state index contributed by atoms with van der Waals surface area (Å²) in [4.78, 5) is 2.65. The van der Waals surface area contributed by atoms with Crippen molar-refractivity contribution in [3.8, 4) is 0 Å². The highest BCUT2D eigenvalue weighted by molar-refractivity contribution is 4.98. The standard InChI is InChI=1S/C13H26N2O/c1-13(9-14,10-16-2)15-8-4-6-11-5-3-7-12(11)15/h11-12H,3-10,14H2,1-2H3. The van der Waals surface area contributed by atoms with Gasteiger partial charge in [0.25, 0.3) is 0 Å². The van der Waals surface area contributed by atoms with Crippen molar-refractivity contribution in [2.24, 2.45) is 11.7 Å². The van der Waals surface area contributed by atoms with Crippen LogP contribution in [0.3, 0.4) is 0 Å². The van der Waals surface area contributed by atoms with Gasteiger partial charge in [0, 0.05) is 19.7 Å². The smallest absolute Gasteiger partial charge is 0.0656 e. The van der Waals surface area contributed by atoms with Crippen LogP contribution in [0.5, 0.6) is 0 Å². The van der Waals surface area contributed by atoms with Gasteiger partial charge in [-0.15, -0.1) is 0 Å².